The Morgan fingerprint density at radius 3 is 1.62 bits per heavy atom. The molecule has 29 heavy (non-hydrogen) atoms. The van der Waals surface area contributed by atoms with E-state index in [4.69, 9.17) is 8.37 Å². The highest BCUT2D eigenvalue weighted by Gasteiger charge is 2.11. The molecule has 0 aliphatic heterocycles. The van der Waals surface area contributed by atoms with Crippen LogP contribution in [0.2, 0.25) is 0 Å². The fourth-order valence-corrected chi connectivity index (χ4v) is 3.06. The molecule has 0 fully saturated rings. The van der Waals surface area contributed by atoms with Gasteiger partial charge in [-0.25, -0.2) is 0 Å². The molecule has 0 atom stereocenters. The summed E-state index contributed by atoms with van der Waals surface area (Å²) in [7, 11) is -7.13. The van der Waals surface area contributed by atoms with Crippen LogP contribution in [-0.2, 0) is 28.6 Å². The molecule has 0 N–H and O–H groups in total. The molecular formula is C18H23N3O6S2. The summed E-state index contributed by atoms with van der Waals surface area (Å²) in [5, 5.41) is 8.31. The Bertz CT molecular complexity index is 969. The number of hydrogen-bond acceptors (Lipinski definition) is 9. The number of hydrogen-bond donors (Lipinski definition) is 0. The second-order valence-corrected chi connectivity index (χ2v) is 9.38. The monoisotopic (exact) mass is 441 g/mol. The van der Waals surface area contributed by atoms with Crippen LogP contribution >= 0.6 is 0 Å². The molecule has 2 rings (SSSR count). The van der Waals surface area contributed by atoms with E-state index in [0.717, 1.165) is 23.9 Å². The van der Waals surface area contributed by atoms with Crippen LogP contribution in [0.4, 0.5) is 17.1 Å². The molecule has 11 heteroatoms. The van der Waals surface area contributed by atoms with Crippen LogP contribution < -0.4 is 4.90 Å². The maximum atomic E-state index is 11.2. The van der Waals surface area contributed by atoms with Crippen LogP contribution in [0.5, 0.6) is 0 Å². The predicted molar refractivity (Wildman–Crippen MR) is 111 cm³/mol. The first-order chi connectivity index (χ1) is 13.6. The van der Waals surface area contributed by atoms with Crippen LogP contribution in [0.15, 0.2) is 64.8 Å². The van der Waals surface area contributed by atoms with Crippen molar-refractivity contribution in [1.29, 1.82) is 0 Å². The molecular weight excluding hydrogens is 418 g/mol. The lowest BCUT2D eigenvalue weighted by molar-refractivity contribution is 0.309. The summed E-state index contributed by atoms with van der Waals surface area (Å²) in [6, 6.07) is 16.4. The average molecular weight is 442 g/mol. The van der Waals surface area contributed by atoms with E-state index in [1.54, 1.807) is 29.2 Å². The summed E-state index contributed by atoms with van der Waals surface area (Å²) in [6.45, 7) is 0.302. The first kappa shape index (κ1) is 22.9. The van der Waals surface area contributed by atoms with Gasteiger partial charge in [0.15, 0.2) is 0 Å². The van der Waals surface area contributed by atoms with Crippen molar-refractivity contribution in [2.24, 2.45) is 10.2 Å². The maximum Gasteiger partial charge on any atom is 0.264 e. The normalized spacial score (nSPS) is 12.3. The minimum absolute atomic E-state index is 0.0762. The van der Waals surface area contributed by atoms with Gasteiger partial charge in [-0.05, 0) is 36.4 Å². The van der Waals surface area contributed by atoms with Crippen LogP contribution in [-0.4, -0.2) is 55.7 Å². The molecule has 0 radical (unpaired) electrons. The summed E-state index contributed by atoms with van der Waals surface area (Å²) in [4.78, 5) is 1.76. The molecule has 0 spiro atoms. The molecule has 158 valence electrons. The number of anilines is 1. The van der Waals surface area contributed by atoms with Gasteiger partial charge < -0.3 is 4.90 Å². The Labute approximate surface area is 171 Å². The zero-order valence-electron chi connectivity index (χ0n) is 16.1. The summed E-state index contributed by atoms with van der Waals surface area (Å²) < 4.78 is 54.2. The Morgan fingerprint density at radius 2 is 1.17 bits per heavy atom. The van der Waals surface area contributed by atoms with E-state index in [0.29, 0.717) is 5.69 Å². The Kier molecular flexibility index (Phi) is 8.26. The second kappa shape index (κ2) is 10.4. The maximum absolute atomic E-state index is 11.2. The molecule has 9 nitrogen and oxygen atoms in total. The van der Waals surface area contributed by atoms with Gasteiger partial charge in [0.25, 0.3) is 20.2 Å². The lowest BCUT2D eigenvalue weighted by Gasteiger charge is -2.24. The molecule has 0 bridgehead atoms. The molecule has 0 saturated carbocycles. The molecule has 0 unspecified atom stereocenters. The lowest BCUT2D eigenvalue weighted by Crippen LogP contribution is -2.32. The number of benzene rings is 2. The topological polar surface area (TPSA) is 115 Å². The van der Waals surface area contributed by atoms with Crippen LogP contribution in [0.1, 0.15) is 0 Å². The van der Waals surface area contributed by atoms with Crippen molar-refractivity contribution >= 4 is 37.3 Å². The zero-order chi connectivity index (χ0) is 21.3. The first-order valence-corrected chi connectivity index (χ1v) is 12.3. The van der Waals surface area contributed by atoms with Crippen molar-refractivity contribution in [3.05, 3.63) is 54.6 Å². The molecule has 0 saturated heterocycles. The second-order valence-electron chi connectivity index (χ2n) is 6.09. The quantitative estimate of drug-likeness (QED) is 0.389. The average Bonchev–Trinajstić information content (AvgIpc) is 2.65. The van der Waals surface area contributed by atoms with Crippen LogP contribution in [0, 0.1) is 0 Å². The highest BCUT2D eigenvalue weighted by Crippen LogP contribution is 2.22. The van der Waals surface area contributed by atoms with Gasteiger partial charge >= 0.3 is 0 Å². The van der Waals surface area contributed by atoms with Crippen molar-refractivity contribution < 1.29 is 25.2 Å². The van der Waals surface area contributed by atoms with Gasteiger partial charge in [0, 0.05) is 18.8 Å². The summed E-state index contributed by atoms with van der Waals surface area (Å²) >= 11 is 0. The van der Waals surface area contributed by atoms with E-state index in [9.17, 15) is 16.8 Å². The molecule has 2 aromatic rings. The number of rotatable bonds is 11. The predicted octanol–water partition coefficient (Wildman–Crippen LogP) is 2.86. The van der Waals surface area contributed by atoms with Crippen molar-refractivity contribution in [2.45, 2.75) is 0 Å². The van der Waals surface area contributed by atoms with E-state index in [2.05, 4.69) is 10.2 Å². The van der Waals surface area contributed by atoms with Gasteiger partial charge in [-0.1, -0.05) is 18.2 Å². The highest BCUT2D eigenvalue weighted by molar-refractivity contribution is 7.86. The molecule has 2 aromatic carbocycles. The van der Waals surface area contributed by atoms with Crippen LogP contribution in [0.3, 0.4) is 0 Å². The van der Waals surface area contributed by atoms with Gasteiger partial charge in [-0.3, -0.25) is 8.37 Å². The third kappa shape index (κ3) is 9.61. The minimum Gasteiger partial charge on any atom is -0.367 e. The SMILES string of the molecule is CS(=O)(=O)OCCN(CCOS(C)(=O)=O)c1ccc(N=Nc2ccccc2)cc1. The Hall–Kier alpha value is -2.34. The third-order valence-electron chi connectivity index (χ3n) is 3.57. The summed E-state index contributed by atoms with van der Waals surface area (Å²) in [6.07, 6.45) is 1.94. The van der Waals surface area contributed by atoms with Crippen molar-refractivity contribution in [1.82, 2.24) is 0 Å². The molecule has 0 aliphatic rings. The zero-order valence-corrected chi connectivity index (χ0v) is 17.8. The fourth-order valence-electron chi connectivity index (χ4n) is 2.31. The smallest absolute Gasteiger partial charge is 0.264 e. The molecule has 0 heterocycles. The number of azo groups is 1. The molecule has 0 aromatic heterocycles. The summed E-state index contributed by atoms with van der Waals surface area (Å²) in [5.74, 6) is 0. The van der Waals surface area contributed by atoms with E-state index in [1.807, 2.05) is 30.3 Å². The van der Waals surface area contributed by atoms with Gasteiger partial charge in [0.1, 0.15) is 0 Å². The third-order valence-corrected chi connectivity index (χ3v) is 4.76. The van der Waals surface area contributed by atoms with E-state index >= 15 is 0 Å². The summed E-state index contributed by atoms with van der Waals surface area (Å²) in [5.41, 5.74) is 2.10. The van der Waals surface area contributed by atoms with Crippen molar-refractivity contribution in [3.8, 4) is 0 Å². The minimum atomic E-state index is -3.57. The standard InChI is InChI=1S/C18H23N3O6S2/c1-28(22,23)26-14-12-21(13-15-27-29(2,24)25)18-10-8-17(9-11-18)20-19-16-6-4-3-5-7-16/h3-11H,12-15H2,1-2H3. The van der Waals surface area contributed by atoms with Crippen molar-refractivity contribution in [2.75, 3.05) is 43.7 Å². The van der Waals surface area contributed by atoms with E-state index in [-0.39, 0.29) is 26.3 Å². The van der Waals surface area contributed by atoms with Gasteiger partial charge in [-0.2, -0.15) is 27.1 Å². The van der Waals surface area contributed by atoms with E-state index in [1.165, 1.54) is 0 Å². The fraction of sp³-hybridized carbons (Fsp3) is 0.333. The molecule has 0 amide bonds. The van der Waals surface area contributed by atoms with Gasteiger partial charge in [0.2, 0.25) is 0 Å². The van der Waals surface area contributed by atoms with Crippen molar-refractivity contribution in [3.63, 3.8) is 0 Å². The molecule has 0 aliphatic carbocycles. The Balaban J connectivity index is 2.06. The van der Waals surface area contributed by atoms with Gasteiger partial charge in [-0.15, -0.1) is 0 Å². The van der Waals surface area contributed by atoms with E-state index < -0.39 is 20.2 Å². The Morgan fingerprint density at radius 1 is 0.724 bits per heavy atom. The largest absolute Gasteiger partial charge is 0.367 e. The number of nitrogens with zero attached hydrogens (tertiary/aromatic N) is 3. The van der Waals surface area contributed by atoms with Gasteiger partial charge in [0.05, 0.1) is 37.1 Å². The first-order valence-electron chi connectivity index (χ1n) is 8.63. The van der Waals surface area contributed by atoms with Crippen LogP contribution in [0.25, 0.3) is 0 Å². The highest BCUT2D eigenvalue weighted by atomic mass is 32.2. The lowest BCUT2D eigenvalue weighted by atomic mass is 10.2.